The quantitative estimate of drug-likeness (QED) is 0.886. The van der Waals surface area contributed by atoms with Gasteiger partial charge in [-0.2, -0.15) is 0 Å². The monoisotopic (exact) mass is 268 g/mol. The molecule has 0 aliphatic carbocycles. The van der Waals surface area contributed by atoms with Crippen LogP contribution in [0, 0.1) is 17.6 Å². The first-order chi connectivity index (χ1) is 9.08. The first kappa shape index (κ1) is 14.3. The Labute approximate surface area is 113 Å². The summed E-state index contributed by atoms with van der Waals surface area (Å²) in [4.78, 5) is 2.10. The smallest absolute Gasteiger partial charge is 0.128 e. The van der Waals surface area contributed by atoms with E-state index in [-0.39, 0.29) is 0 Å². The molecular formula is C15H22F2N2. The number of halogens is 2. The van der Waals surface area contributed by atoms with Gasteiger partial charge in [-0.3, -0.25) is 0 Å². The van der Waals surface area contributed by atoms with Crippen molar-refractivity contribution in [3.8, 4) is 0 Å². The molecular weight excluding hydrogens is 246 g/mol. The van der Waals surface area contributed by atoms with Crippen LogP contribution in [0.4, 0.5) is 14.5 Å². The highest BCUT2D eigenvalue weighted by Crippen LogP contribution is 2.21. The van der Waals surface area contributed by atoms with Crippen molar-refractivity contribution in [1.82, 2.24) is 5.32 Å². The molecule has 2 atom stereocenters. The molecule has 1 aromatic carbocycles. The lowest BCUT2D eigenvalue weighted by Crippen LogP contribution is -2.43. The first-order valence-electron chi connectivity index (χ1n) is 7.03. The molecule has 19 heavy (non-hydrogen) atoms. The van der Waals surface area contributed by atoms with E-state index >= 15 is 0 Å². The fraction of sp³-hybridized carbons (Fsp3) is 0.600. The van der Waals surface area contributed by atoms with Crippen molar-refractivity contribution >= 4 is 5.69 Å². The van der Waals surface area contributed by atoms with Crippen molar-refractivity contribution in [3.63, 3.8) is 0 Å². The summed E-state index contributed by atoms with van der Waals surface area (Å²) in [5.74, 6) is -0.551. The molecule has 106 valence electrons. The van der Waals surface area contributed by atoms with Gasteiger partial charge in [0, 0.05) is 30.9 Å². The number of nitrogens with zero attached hydrogens (tertiary/aromatic N) is 1. The zero-order valence-electron chi connectivity index (χ0n) is 11.6. The lowest BCUT2D eigenvalue weighted by Gasteiger charge is -2.33. The van der Waals surface area contributed by atoms with Crippen molar-refractivity contribution in [2.45, 2.75) is 32.7 Å². The van der Waals surface area contributed by atoms with Crippen LogP contribution in [0.2, 0.25) is 0 Å². The molecule has 0 radical (unpaired) electrons. The number of hydrogen-bond donors (Lipinski definition) is 1. The van der Waals surface area contributed by atoms with Crippen LogP contribution in [-0.2, 0) is 0 Å². The Morgan fingerprint density at radius 3 is 2.58 bits per heavy atom. The third-order valence-electron chi connectivity index (χ3n) is 3.74. The van der Waals surface area contributed by atoms with Gasteiger partial charge in [-0.05, 0) is 37.4 Å². The molecule has 1 N–H and O–H groups in total. The summed E-state index contributed by atoms with van der Waals surface area (Å²) < 4.78 is 26.7. The van der Waals surface area contributed by atoms with Crippen LogP contribution in [-0.4, -0.2) is 25.7 Å². The summed E-state index contributed by atoms with van der Waals surface area (Å²) in [6.45, 7) is 6.93. The van der Waals surface area contributed by atoms with Gasteiger partial charge in [0.25, 0.3) is 0 Å². The molecule has 2 rings (SSSR count). The molecule has 2 nitrogen and oxygen atoms in total. The third kappa shape index (κ3) is 3.90. The Morgan fingerprint density at radius 2 is 1.95 bits per heavy atom. The predicted octanol–water partition coefficient (Wildman–Crippen LogP) is 3.18. The van der Waals surface area contributed by atoms with Gasteiger partial charge in [0.05, 0.1) is 0 Å². The van der Waals surface area contributed by atoms with Crippen LogP contribution in [0.25, 0.3) is 0 Å². The molecule has 0 amide bonds. The second-order valence-electron chi connectivity index (χ2n) is 5.48. The van der Waals surface area contributed by atoms with E-state index < -0.39 is 11.6 Å². The van der Waals surface area contributed by atoms with Crippen LogP contribution in [0.5, 0.6) is 0 Å². The van der Waals surface area contributed by atoms with E-state index in [9.17, 15) is 8.78 Å². The van der Waals surface area contributed by atoms with E-state index in [4.69, 9.17) is 0 Å². The second kappa shape index (κ2) is 6.33. The van der Waals surface area contributed by atoms with Gasteiger partial charge in [0.15, 0.2) is 0 Å². The van der Waals surface area contributed by atoms with Crippen LogP contribution in [0.1, 0.15) is 26.7 Å². The van der Waals surface area contributed by atoms with Gasteiger partial charge in [-0.15, -0.1) is 0 Å². The van der Waals surface area contributed by atoms with Gasteiger partial charge in [0.1, 0.15) is 11.6 Å². The molecule has 0 saturated carbocycles. The molecule has 0 aromatic heterocycles. The number of benzene rings is 1. The minimum Gasteiger partial charge on any atom is -0.371 e. The highest BCUT2D eigenvalue weighted by Gasteiger charge is 2.18. The average molecular weight is 268 g/mol. The topological polar surface area (TPSA) is 15.3 Å². The number of hydrogen-bond acceptors (Lipinski definition) is 2. The van der Waals surface area contributed by atoms with E-state index in [1.807, 2.05) is 0 Å². The molecule has 1 fully saturated rings. The maximum absolute atomic E-state index is 13.3. The van der Waals surface area contributed by atoms with E-state index in [0.29, 0.717) is 17.6 Å². The van der Waals surface area contributed by atoms with E-state index in [1.165, 1.54) is 12.1 Å². The van der Waals surface area contributed by atoms with Crippen LogP contribution in [0.15, 0.2) is 18.2 Å². The van der Waals surface area contributed by atoms with Crippen molar-refractivity contribution in [2.75, 3.05) is 24.5 Å². The molecule has 0 bridgehead atoms. The number of nitrogens with one attached hydrogen (secondary N) is 1. The zero-order chi connectivity index (χ0) is 13.8. The number of rotatable bonds is 2. The Bertz CT molecular complexity index is 402. The molecule has 1 aromatic rings. The Morgan fingerprint density at radius 1 is 1.26 bits per heavy atom. The summed E-state index contributed by atoms with van der Waals surface area (Å²) in [5.41, 5.74) is 0.654. The van der Waals surface area contributed by atoms with Crippen LogP contribution >= 0.6 is 0 Å². The van der Waals surface area contributed by atoms with Gasteiger partial charge in [-0.25, -0.2) is 8.78 Å². The normalized spacial score (nSPS) is 24.9. The van der Waals surface area contributed by atoms with Gasteiger partial charge < -0.3 is 10.2 Å². The summed E-state index contributed by atoms with van der Waals surface area (Å²) in [6.07, 6.45) is 2.08. The maximum atomic E-state index is 13.3. The Balaban J connectivity index is 2.16. The van der Waals surface area contributed by atoms with Crippen LogP contribution in [0.3, 0.4) is 0 Å². The van der Waals surface area contributed by atoms with E-state index in [1.54, 1.807) is 0 Å². The van der Waals surface area contributed by atoms with Crippen molar-refractivity contribution in [2.24, 2.45) is 5.92 Å². The fourth-order valence-corrected chi connectivity index (χ4v) is 2.62. The third-order valence-corrected chi connectivity index (χ3v) is 3.74. The van der Waals surface area contributed by atoms with Gasteiger partial charge in [0.2, 0.25) is 0 Å². The maximum Gasteiger partial charge on any atom is 0.128 e. The van der Waals surface area contributed by atoms with Crippen molar-refractivity contribution in [1.29, 1.82) is 0 Å². The average Bonchev–Trinajstić information content (AvgIpc) is 2.33. The Hall–Kier alpha value is -1.16. The standard InChI is InChI=1S/C15H22F2N2/c1-3-14-4-5-19(10-11(2)9-18-14)15-7-12(16)6-13(17)8-15/h6-8,11,14,18H,3-5,9-10H2,1-2H3. The Kier molecular flexibility index (Phi) is 4.75. The van der Waals surface area contributed by atoms with Gasteiger partial charge in [-0.1, -0.05) is 13.8 Å². The molecule has 2 unspecified atom stereocenters. The minimum atomic E-state index is -0.505. The zero-order valence-corrected chi connectivity index (χ0v) is 11.6. The predicted molar refractivity (Wildman–Crippen MR) is 74.4 cm³/mol. The van der Waals surface area contributed by atoms with Crippen LogP contribution < -0.4 is 10.2 Å². The van der Waals surface area contributed by atoms with Crippen molar-refractivity contribution < 1.29 is 8.78 Å². The minimum absolute atomic E-state index is 0.459. The van der Waals surface area contributed by atoms with Crippen molar-refractivity contribution in [3.05, 3.63) is 29.8 Å². The highest BCUT2D eigenvalue weighted by molar-refractivity contribution is 5.47. The van der Waals surface area contributed by atoms with E-state index in [2.05, 4.69) is 24.1 Å². The largest absolute Gasteiger partial charge is 0.371 e. The molecule has 0 spiro atoms. The molecule has 1 heterocycles. The fourth-order valence-electron chi connectivity index (χ4n) is 2.62. The lowest BCUT2D eigenvalue weighted by atomic mass is 10.0. The summed E-state index contributed by atoms with van der Waals surface area (Å²) in [7, 11) is 0. The van der Waals surface area contributed by atoms with E-state index in [0.717, 1.165) is 38.5 Å². The molecule has 1 aliphatic heterocycles. The summed E-state index contributed by atoms with van der Waals surface area (Å²) >= 11 is 0. The van der Waals surface area contributed by atoms with Gasteiger partial charge >= 0.3 is 0 Å². The summed E-state index contributed by atoms with van der Waals surface area (Å²) in [6, 6.07) is 4.26. The number of anilines is 1. The highest BCUT2D eigenvalue weighted by atomic mass is 19.1. The molecule has 4 heteroatoms. The second-order valence-corrected chi connectivity index (χ2v) is 5.48. The molecule has 1 aliphatic rings. The first-order valence-corrected chi connectivity index (χ1v) is 7.03. The lowest BCUT2D eigenvalue weighted by molar-refractivity contribution is 0.387. The summed E-state index contributed by atoms with van der Waals surface area (Å²) in [5, 5.41) is 3.54. The molecule has 1 saturated heterocycles. The SMILES string of the molecule is CCC1CCN(c2cc(F)cc(F)c2)CC(C)CN1.